The van der Waals surface area contributed by atoms with E-state index in [4.69, 9.17) is 4.74 Å². The highest BCUT2D eigenvalue weighted by Crippen LogP contribution is 2.33. The van der Waals surface area contributed by atoms with E-state index in [-0.39, 0.29) is 24.8 Å². The molecule has 7 heteroatoms. The molecule has 6 nitrogen and oxygen atoms in total. The van der Waals surface area contributed by atoms with Gasteiger partial charge in [0.25, 0.3) is 5.91 Å². The second-order valence-electron chi connectivity index (χ2n) is 7.25. The predicted octanol–water partition coefficient (Wildman–Crippen LogP) is 4.58. The summed E-state index contributed by atoms with van der Waals surface area (Å²) in [6.07, 6.45) is 1.31. The summed E-state index contributed by atoms with van der Waals surface area (Å²) in [4.78, 5) is 33.7. The van der Waals surface area contributed by atoms with Gasteiger partial charge in [0.05, 0.1) is 17.9 Å². The number of pyridine rings is 1. The van der Waals surface area contributed by atoms with E-state index >= 15 is 0 Å². The first-order valence-electron chi connectivity index (χ1n) is 10.1. The highest BCUT2D eigenvalue weighted by Gasteiger charge is 2.31. The fourth-order valence-electron chi connectivity index (χ4n) is 3.53. The molecule has 1 aromatic heterocycles. The minimum Gasteiger partial charge on any atom is -0.479 e. The molecular weight excluding hydrogens is 458 g/mol. The summed E-state index contributed by atoms with van der Waals surface area (Å²) in [6.45, 7) is 2.35. The Balaban J connectivity index is 1.55. The number of benzene rings is 2. The van der Waals surface area contributed by atoms with E-state index in [9.17, 15) is 9.59 Å². The van der Waals surface area contributed by atoms with E-state index in [1.807, 2.05) is 66.7 Å². The summed E-state index contributed by atoms with van der Waals surface area (Å²) < 4.78 is 6.62. The van der Waals surface area contributed by atoms with Crippen molar-refractivity contribution in [2.45, 2.75) is 26.0 Å². The van der Waals surface area contributed by atoms with Crippen LogP contribution in [-0.4, -0.2) is 29.4 Å². The zero-order valence-electron chi connectivity index (χ0n) is 17.1. The summed E-state index contributed by atoms with van der Waals surface area (Å²) in [6, 6.07) is 20.6. The number of nitrogens with zero attached hydrogens (tertiary/aromatic N) is 3. The molecule has 3 aromatic rings. The molecule has 4 rings (SSSR count). The van der Waals surface area contributed by atoms with Crippen LogP contribution in [0.15, 0.2) is 77.4 Å². The van der Waals surface area contributed by atoms with Crippen molar-refractivity contribution in [1.29, 1.82) is 0 Å². The Kier molecular flexibility index (Phi) is 6.32. The van der Waals surface area contributed by atoms with Crippen molar-refractivity contribution in [3.8, 4) is 5.75 Å². The monoisotopic (exact) mass is 479 g/mol. The molecule has 2 amide bonds. The van der Waals surface area contributed by atoms with Crippen LogP contribution in [0.4, 0.5) is 11.4 Å². The number of ether oxygens (including phenoxy) is 1. The number of para-hydroxylation sites is 2. The van der Waals surface area contributed by atoms with Crippen LogP contribution < -0.4 is 14.5 Å². The van der Waals surface area contributed by atoms with Gasteiger partial charge in [-0.2, -0.15) is 0 Å². The van der Waals surface area contributed by atoms with E-state index in [1.165, 1.54) is 0 Å². The van der Waals surface area contributed by atoms with Gasteiger partial charge in [0.2, 0.25) is 5.91 Å². The van der Waals surface area contributed by atoms with Crippen molar-refractivity contribution >= 4 is 39.1 Å². The van der Waals surface area contributed by atoms with Gasteiger partial charge < -0.3 is 14.5 Å². The number of amides is 2. The highest BCUT2D eigenvalue weighted by molar-refractivity contribution is 9.10. The highest BCUT2D eigenvalue weighted by atomic mass is 79.9. The van der Waals surface area contributed by atoms with Gasteiger partial charge in [-0.25, -0.2) is 0 Å². The van der Waals surface area contributed by atoms with Crippen molar-refractivity contribution in [1.82, 2.24) is 4.98 Å². The van der Waals surface area contributed by atoms with Gasteiger partial charge in [-0.05, 0) is 55.5 Å². The van der Waals surface area contributed by atoms with E-state index in [2.05, 4.69) is 20.9 Å². The van der Waals surface area contributed by atoms with Crippen LogP contribution in [0.25, 0.3) is 0 Å². The molecule has 0 spiro atoms. The molecular formula is C24H22BrN3O3. The average Bonchev–Trinajstić information content (AvgIpc) is 2.79. The number of rotatable bonds is 6. The Morgan fingerprint density at radius 2 is 1.84 bits per heavy atom. The molecule has 1 unspecified atom stereocenters. The Morgan fingerprint density at radius 1 is 1.10 bits per heavy atom. The lowest BCUT2D eigenvalue weighted by Gasteiger charge is -2.33. The van der Waals surface area contributed by atoms with Crippen LogP contribution in [0, 0.1) is 0 Å². The van der Waals surface area contributed by atoms with Gasteiger partial charge >= 0.3 is 0 Å². The topological polar surface area (TPSA) is 62.7 Å². The lowest BCUT2D eigenvalue weighted by Crippen LogP contribution is -2.46. The van der Waals surface area contributed by atoms with Crippen LogP contribution >= 0.6 is 15.9 Å². The first-order valence-corrected chi connectivity index (χ1v) is 10.8. The molecule has 0 fully saturated rings. The fraction of sp³-hybridized carbons (Fsp3) is 0.208. The van der Waals surface area contributed by atoms with Crippen molar-refractivity contribution in [3.05, 3.63) is 83.1 Å². The van der Waals surface area contributed by atoms with Crippen LogP contribution in [0.2, 0.25) is 0 Å². The maximum Gasteiger partial charge on any atom is 0.267 e. The zero-order valence-corrected chi connectivity index (χ0v) is 18.7. The number of aromatic nitrogens is 1. The molecule has 0 aliphatic carbocycles. The second kappa shape index (κ2) is 9.31. The Hall–Kier alpha value is -3.19. The maximum absolute atomic E-state index is 13.3. The second-order valence-corrected chi connectivity index (χ2v) is 8.16. The molecule has 1 aliphatic heterocycles. The first-order chi connectivity index (χ1) is 15.0. The summed E-state index contributed by atoms with van der Waals surface area (Å²) in [7, 11) is 0. The third kappa shape index (κ3) is 4.77. The molecule has 0 radical (unpaired) electrons. The van der Waals surface area contributed by atoms with Gasteiger partial charge in [-0.15, -0.1) is 0 Å². The van der Waals surface area contributed by atoms with Crippen LogP contribution in [0.1, 0.15) is 19.0 Å². The van der Waals surface area contributed by atoms with E-state index < -0.39 is 6.10 Å². The summed E-state index contributed by atoms with van der Waals surface area (Å²) in [5.74, 6) is 0.420. The number of halogens is 1. The minimum atomic E-state index is -0.582. The molecule has 31 heavy (non-hydrogen) atoms. The predicted molar refractivity (Wildman–Crippen MR) is 123 cm³/mol. The molecule has 1 atom stereocenters. The van der Waals surface area contributed by atoms with Crippen LogP contribution in [0.5, 0.6) is 5.75 Å². The average molecular weight is 480 g/mol. The Labute approximate surface area is 189 Å². The number of anilines is 2. The van der Waals surface area contributed by atoms with Crippen molar-refractivity contribution in [2.75, 3.05) is 16.3 Å². The SMILES string of the molecule is CC1Oc2ccccc2N(CCC(=O)N(Cc2ccccn2)c2ccc(Br)cc2)C1=O. The zero-order chi connectivity index (χ0) is 21.8. The summed E-state index contributed by atoms with van der Waals surface area (Å²) >= 11 is 3.44. The third-order valence-electron chi connectivity index (χ3n) is 5.11. The lowest BCUT2D eigenvalue weighted by molar-refractivity contribution is -0.125. The smallest absolute Gasteiger partial charge is 0.267 e. The molecule has 0 saturated heterocycles. The molecule has 0 N–H and O–H groups in total. The quantitative estimate of drug-likeness (QED) is 0.518. The van der Waals surface area contributed by atoms with Crippen LogP contribution in [0.3, 0.4) is 0 Å². The van der Waals surface area contributed by atoms with Gasteiger partial charge in [0, 0.05) is 29.3 Å². The number of carbonyl (C=O) groups is 2. The Bertz CT molecular complexity index is 1070. The van der Waals surface area contributed by atoms with Crippen LogP contribution in [-0.2, 0) is 16.1 Å². The fourth-order valence-corrected chi connectivity index (χ4v) is 3.79. The number of hydrogen-bond acceptors (Lipinski definition) is 4. The van der Waals surface area contributed by atoms with E-state index in [0.717, 1.165) is 15.9 Å². The number of carbonyl (C=O) groups excluding carboxylic acids is 2. The van der Waals surface area contributed by atoms with Crippen molar-refractivity contribution in [2.24, 2.45) is 0 Å². The normalized spacial score (nSPS) is 15.2. The standard InChI is InChI=1S/C24H22BrN3O3/c1-17-24(30)27(21-7-2-3-8-22(21)31-17)15-13-23(29)28(16-19-6-4-5-14-26-19)20-11-9-18(25)10-12-20/h2-12,14,17H,13,15-16H2,1H3. The van der Waals surface area contributed by atoms with Gasteiger partial charge in [0.15, 0.2) is 6.10 Å². The maximum atomic E-state index is 13.3. The van der Waals surface area contributed by atoms with E-state index in [0.29, 0.717) is 18.0 Å². The van der Waals surface area contributed by atoms with Crippen molar-refractivity contribution < 1.29 is 14.3 Å². The Morgan fingerprint density at radius 3 is 2.58 bits per heavy atom. The molecule has 1 aliphatic rings. The molecule has 0 bridgehead atoms. The first kappa shape index (κ1) is 21.1. The van der Waals surface area contributed by atoms with E-state index in [1.54, 1.807) is 22.9 Å². The van der Waals surface area contributed by atoms with Gasteiger partial charge in [0.1, 0.15) is 5.75 Å². The molecule has 2 heterocycles. The van der Waals surface area contributed by atoms with Gasteiger partial charge in [-0.3, -0.25) is 14.6 Å². The number of fused-ring (bicyclic) bond motifs is 1. The molecule has 158 valence electrons. The summed E-state index contributed by atoms with van der Waals surface area (Å²) in [5.41, 5.74) is 2.26. The minimum absolute atomic E-state index is 0.0857. The third-order valence-corrected chi connectivity index (χ3v) is 5.64. The number of hydrogen-bond donors (Lipinski definition) is 0. The lowest BCUT2D eigenvalue weighted by atomic mass is 10.1. The van der Waals surface area contributed by atoms with Gasteiger partial charge in [-0.1, -0.05) is 34.1 Å². The molecule has 0 saturated carbocycles. The largest absolute Gasteiger partial charge is 0.479 e. The van der Waals surface area contributed by atoms with Crippen molar-refractivity contribution in [3.63, 3.8) is 0 Å². The summed E-state index contributed by atoms with van der Waals surface area (Å²) in [5, 5.41) is 0. The molecule has 2 aromatic carbocycles.